The van der Waals surface area contributed by atoms with Gasteiger partial charge in [-0.25, -0.2) is 0 Å². The molecule has 2 rings (SSSR count). The first-order valence-electron chi connectivity index (χ1n) is 7.87. The molecule has 2 heteroatoms. The van der Waals surface area contributed by atoms with Crippen LogP contribution in [0.15, 0.2) is 36.5 Å². The predicted octanol–water partition coefficient (Wildman–Crippen LogP) is 4.68. The van der Waals surface area contributed by atoms with E-state index in [-0.39, 0.29) is 0 Å². The molecule has 0 aliphatic rings. The van der Waals surface area contributed by atoms with E-state index in [1.807, 2.05) is 12.3 Å². The molecule has 1 N–H and O–H groups in total. The molecule has 1 aromatic carbocycles. The van der Waals surface area contributed by atoms with E-state index in [1.54, 1.807) is 0 Å². The van der Waals surface area contributed by atoms with Crippen molar-refractivity contribution in [2.45, 2.75) is 58.5 Å². The highest BCUT2D eigenvalue weighted by Gasteiger charge is 2.04. The van der Waals surface area contributed by atoms with E-state index >= 15 is 0 Å². The molecule has 2 nitrogen and oxygen atoms in total. The number of fused-ring (bicyclic) bond motifs is 1. The number of para-hydroxylation sites is 1. The van der Waals surface area contributed by atoms with Gasteiger partial charge in [0.1, 0.15) is 0 Å². The number of nitrogens with one attached hydrogen (secondary N) is 1. The fraction of sp³-hybridized carbons (Fsp3) is 0.500. The third-order valence-electron chi connectivity index (χ3n) is 3.87. The first-order chi connectivity index (χ1) is 9.81. The number of benzene rings is 1. The zero-order valence-corrected chi connectivity index (χ0v) is 12.7. The molecule has 0 aliphatic heterocycles. The molecule has 108 valence electrons. The molecule has 0 saturated heterocycles. The van der Waals surface area contributed by atoms with Crippen LogP contribution < -0.4 is 5.32 Å². The summed E-state index contributed by atoms with van der Waals surface area (Å²) in [5, 5.41) is 4.90. The number of pyridine rings is 1. The van der Waals surface area contributed by atoms with Gasteiger partial charge in [-0.1, -0.05) is 50.8 Å². The summed E-state index contributed by atoms with van der Waals surface area (Å²) in [5.41, 5.74) is 2.43. The Morgan fingerprint density at radius 2 is 1.95 bits per heavy atom. The number of hydrogen-bond acceptors (Lipinski definition) is 2. The number of nitrogens with zero attached hydrogens (tertiary/aromatic N) is 1. The molecule has 2 aromatic rings. The van der Waals surface area contributed by atoms with Crippen molar-refractivity contribution in [2.75, 3.05) is 0 Å². The smallest absolute Gasteiger partial charge is 0.0705 e. The van der Waals surface area contributed by atoms with Gasteiger partial charge in [0.2, 0.25) is 0 Å². The maximum Gasteiger partial charge on any atom is 0.0705 e. The van der Waals surface area contributed by atoms with E-state index in [4.69, 9.17) is 0 Å². The molecule has 0 radical (unpaired) electrons. The van der Waals surface area contributed by atoms with E-state index in [1.165, 1.54) is 43.1 Å². The van der Waals surface area contributed by atoms with Gasteiger partial charge in [-0.15, -0.1) is 0 Å². The van der Waals surface area contributed by atoms with Gasteiger partial charge in [-0.3, -0.25) is 4.98 Å². The van der Waals surface area contributed by atoms with Crippen LogP contribution in [0.1, 0.15) is 51.5 Å². The van der Waals surface area contributed by atoms with Crippen LogP contribution in [0.4, 0.5) is 0 Å². The molecule has 0 amide bonds. The molecule has 1 unspecified atom stereocenters. The molecule has 20 heavy (non-hydrogen) atoms. The van der Waals surface area contributed by atoms with Gasteiger partial charge in [-0.2, -0.15) is 0 Å². The Bertz CT molecular complexity index is 516. The van der Waals surface area contributed by atoms with E-state index in [9.17, 15) is 0 Å². The van der Waals surface area contributed by atoms with E-state index in [0.29, 0.717) is 6.04 Å². The summed E-state index contributed by atoms with van der Waals surface area (Å²) < 4.78 is 0. The quantitative estimate of drug-likeness (QED) is 0.704. The Labute approximate surface area is 122 Å². The topological polar surface area (TPSA) is 24.9 Å². The van der Waals surface area contributed by atoms with Crippen LogP contribution in [0.2, 0.25) is 0 Å². The maximum atomic E-state index is 4.41. The van der Waals surface area contributed by atoms with E-state index in [2.05, 4.69) is 48.4 Å². The second-order valence-electron chi connectivity index (χ2n) is 5.62. The highest BCUT2D eigenvalue weighted by Crippen LogP contribution is 2.16. The minimum atomic E-state index is 0.582. The molecule has 0 bridgehead atoms. The molecule has 1 aromatic heterocycles. The molecule has 0 saturated carbocycles. The van der Waals surface area contributed by atoms with Gasteiger partial charge < -0.3 is 5.32 Å². The van der Waals surface area contributed by atoms with Gasteiger partial charge in [0.05, 0.1) is 5.52 Å². The Kier molecular flexibility index (Phi) is 6.00. The van der Waals surface area contributed by atoms with Crippen LogP contribution in [0, 0.1) is 0 Å². The Hall–Kier alpha value is -1.41. The lowest BCUT2D eigenvalue weighted by molar-refractivity contribution is 0.483. The van der Waals surface area contributed by atoms with Crippen molar-refractivity contribution in [3.8, 4) is 0 Å². The summed E-state index contributed by atoms with van der Waals surface area (Å²) in [7, 11) is 0. The fourth-order valence-corrected chi connectivity index (χ4v) is 2.57. The summed E-state index contributed by atoms with van der Waals surface area (Å²) in [5.74, 6) is 0. The normalized spacial score (nSPS) is 12.7. The minimum absolute atomic E-state index is 0.582. The average molecular weight is 270 g/mol. The molecule has 1 atom stereocenters. The third kappa shape index (κ3) is 4.31. The number of rotatable bonds is 8. The van der Waals surface area contributed by atoms with Crippen molar-refractivity contribution < 1.29 is 0 Å². The summed E-state index contributed by atoms with van der Waals surface area (Å²) in [6.07, 6.45) is 8.54. The predicted molar refractivity (Wildman–Crippen MR) is 86.8 cm³/mol. The zero-order chi connectivity index (χ0) is 14.2. The summed E-state index contributed by atoms with van der Waals surface area (Å²) in [4.78, 5) is 4.41. The molecular formula is C18H26N2. The zero-order valence-electron chi connectivity index (χ0n) is 12.7. The lowest BCUT2D eigenvalue weighted by Crippen LogP contribution is -2.25. The molecule has 1 heterocycles. The Morgan fingerprint density at radius 1 is 1.10 bits per heavy atom. The van der Waals surface area contributed by atoms with Crippen LogP contribution in [0.25, 0.3) is 10.9 Å². The lowest BCUT2D eigenvalue weighted by atomic mass is 10.1. The first kappa shape index (κ1) is 15.0. The Morgan fingerprint density at radius 3 is 2.80 bits per heavy atom. The van der Waals surface area contributed by atoms with E-state index < -0.39 is 0 Å². The second-order valence-corrected chi connectivity index (χ2v) is 5.62. The number of hydrogen-bond donors (Lipinski definition) is 1. The van der Waals surface area contributed by atoms with Gasteiger partial charge >= 0.3 is 0 Å². The number of aromatic nitrogens is 1. The molecule has 0 aliphatic carbocycles. The van der Waals surface area contributed by atoms with Crippen LogP contribution >= 0.6 is 0 Å². The fourth-order valence-electron chi connectivity index (χ4n) is 2.57. The van der Waals surface area contributed by atoms with Crippen LogP contribution in [0.3, 0.4) is 0 Å². The number of unbranched alkanes of at least 4 members (excludes halogenated alkanes) is 3. The second kappa shape index (κ2) is 8.01. The Balaban J connectivity index is 1.86. The minimum Gasteiger partial charge on any atom is -0.310 e. The lowest BCUT2D eigenvalue weighted by Gasteiger charge is -2.14. The van der Waals surface area contributed by atoms with Gasteiger partial charge in [0.25, 0.3) is 0 Å². The molecular weight excluding hydrogens is 244 g/mol. The van der Waals surface area contributed by atoms with Gasteiger partial charge in [0, 0.05) is 24.2 Å². The van der Waals surface area contributed by atoms with Crippen molar-refractivity contribution in [3.05, 3.63) is 42.1 Å². The summed E-state index contributed by atoms with van der Waals surface area (Å²) >= 11 is 0. The molecule has 0 fully saturated rings. The van der Waals surface area contributed by atoms with Crippen molar-refractivity contribution in [1.82, 2.24) is 10.3 Å². The average Bonchev–Trinajstić information content (AvgIpc) is 2.49. The SMILES string of the molecule is CCCCCCC(C)NCc1ccnc2ccccc12. The van der Waals surface area contributed by atoms with Crippen molar-refractivity contribution in [2.24, 2.45) is 0 Å². The van der Waals surface area contributed by atoms with Gasteiger partial charge in [-0.05, 0) is 31.0 Å². The maximum absolute atomic E-state index is 4.41. The van der Waals surface area contributed by atoms with Crippen LogP contribution in [-0.4, -0.2) is 11.0 Å². The van der Waals surface area contributed by atoms with Crippen molar-refractivity contribution >= 4 is 10.9 Å². The van der Waals surface area contributed by atoms with Gasteiger partial charge in [0.15, 0.2) is 0 Å². The van der Waals surface area contributed by atoms with Crippen molar-refractivity contribution in [3.63, 3.8) is 0 Å². The van der Waals surface area contributed by atoms with Crippen LogP contribution in [0.5, 0.6) is 0 Å². The van der Waals surface area contributed by atoms with E-state index in [0.717, 1.165) is 12.1 Å². The highest BCUT2D eigenvalue weighted by molar-refractivity contribution is 5.81. The van der Waals surface area contributed by atoms with Crippen molar-refractivity contribution in [1.29, 1.82) is 0 Å². The summed E-state index contributed by atoms with van der Waals surface area (Å²) in [6, 6.07) is 11.1. The standard InChI is InChI=1S/C18H26N2/c1-3-4-5-6-9-15(2)20-14-16-12-13-19-18-11-8-7-10-17(16)18/h7-8,10-13,15,20H,3-6,9,14H2,1-2H3. The summed E-state index contributed by atoms with van der Waals surface area (Å²) in [6.45, 7) is 5.48. The largest absolute Gasteiger partial charge is 0.310 e. The monoisotopic (exact) mass is 270 g/mol. The molecule has 0 spiro atoms. The van der Waals surface area contributed by atoms with Crippen LogP contribution in [-0.2, 0) is 6.54 Å². The first-order valence-corrected chi connectivity index (χ1v) is 7.87. The third-order valence-corrected chi connectivity index (χ3v) is 3.87. The highest BCUT2D eigenvalue weighted by atomic mass is 14.9.